The molecule has 34 heavy (non-hydrogen) atoms. The number of benzene rings is 2. The van der Waals surface area contributed by atoms with E-state index in [-0.39, 0.29) is 5.75 Å². The van der Waals surface area contributed by atoms with Crippen molar-refractivity contribution in [3.05, 3.63) is 53.1 Å². The average molecular weight is 492 g/mol. The Balaban J connectivity index is 1.62. The SMILES string of the molecule is CC(C)(C)OC(=O)NC1(CCCc2ccc(Oc3cccc(O)c3)cc2Cl)COC(C)(C)OC1. The van der Waals surface area contributed by atoms with Crippen molar-refractivity contribution in [3.8, 4) is 17.2 Å². The number of ether oxygens (including phenoxy) is 4. The van der Waals surface area contributed by atoms with Crippen molar-refractivity contribution in [1.82, 2.24) is 5.32 Å². The van der Waals surface area contributed by atoms with Gasteiger partial charge in [-0.25, -0.2) is 4.79 Å². The molecule has 2 aromatic rings. The number of aryl methyl sites for hydroxylation is 1. The lowest BCUT2D eigenvalue weighted by molar-refractivity contribution is -0.271. The first-order valence-electron chi connectivity index (χ1n) is 11.4. The lowest BCUT2D eigenvalue weighted by Crippen LogP contribution is -2.61. The molecule has 0 unspecified atom stereocenters. The fraction of sp³-hybridized carbons (Fsp3) is 0.500. The van der Waals surface area contributed by atoms with Gasteiger partial charge in [-0.05, 0) is 83.7 Å². The summed E-state index contributed by atoms with van der Waals surface area (Å²) in [5.41, 5.74) is -0.324. The van der Waals surface area contributed by atoms with Crippen molar-refractivity contribution in [2.75, 3.05) is 13.2 Å². The van der Waals surface area contributed by atoms with Gasteiger partial charge in [0, 0.05) is 11.1 Å². The number of carbonyl (C=O) groups is 1. The molecule has 1 saturated heterocycles. The molecule has 1 aliphatic rings. The Kier molecular flexibility index (Phi) is 8.01. The first-order valence-corrected chi connectivity index (χ1v) is 11.8. The highest BCUT2D eigenvalue weighted by atomic mass is 35.5. The van der Waals surface area contributed by atoms with Crippen LogP contribution < -0.4 is 10.1 Å². The molecular weight excluding hydrogens is 458 g/mol. The molecule has 0 bridgehead atoms. The van der Waals surface area contributed by atoms with Gasteiger partial charge in [-0.2, -0.15) is 0 Å². The summed E-state index contributed by atoms with van der Waals surface area (Å²) in [5, 5.41) is 13.2. The van der Waals surface area contributed by atoms with Gasteiger partial charge in [0.1, 0.15) is 22.8 Å². The second-order valence-corrected chi connectivity index (χ2v) is 10.5. The van der Waals surface area contributed by atoms with Crippen molar-refractivity contribution in [3.63, 3.8) is 0 Å². The van der Waals surface area contributed by atoms with Gasteiger partial charge in [0.15, 0.2) is 5.79 Å². The van der Waals surface area contributed by atoms with E-state index >= 15 is 0 Å². The standard InChI is InChI=1S/C26H34ClNO6/c1-24(2,3)34-23(30)28-26(16-31-25(4,5)32-17-26)13-7-8-18-11-12-21(15-22(18)27)33-20-10-6-9-19(29)14-20/h6,9-12,14-15,29H,7-8,13,16-17H2,1-5H3,(H,28,30). The predicted octanol–water partition coefficient (Wildman–Crippen LogP) is 6.21. The monoisotopic (exact) mass is 491 g/mol. The lowest BCUT2D eigenvalue weighted by atomic mass is 9.92. The van der Waals surface area contributed by atoms with Crippen LogP contribution in [0.1, 0.15) is 53.0 Å². The zero-order chi connectivity index (χ0) is 25.0. The van der Waals surface area contributed by atoms with E-state index < -0.39 is 23.0 Å². The van der Waals surface area contributed by atoms with Crippen molar-refractivity contribution in [2.24, 2.45) is 0 Å². The van der Waals surface area contributed by atoms with Gasteiger partial charge in [-0.1, -0.05) is 23.7 Å². The smallest absolute Gasteiger partial charge is 0.408 e. The summed E-state index contributed by atoms with van der Waals surface area (Å²) in [7, 11) is 0. The Morgan fingerprint density at radius 3 is 2.41 bits per heavy atom. The molecule has 1 aliphatic heterocycles. The number of aromatic hydroxyl groups is 1. The first-order chi connectivity index (χ1) is 15.8. The van der Waals surface area contributed by atoms with E-state index in [0.717, 1.165) is 12.0 Å². The summed E-state index contributed by atoms with van der Waals surface area (Å²) in [6.07, 6.45) is 1.58. The highest BCUT2D eigenvalue weighted by Gasteiger charge is 2.41. The number of alkyl carbamates (subject to hydrolysis) is 1. The summed E-state index contributed by atoms with van der Waals surface area (Å²) in [4.78, 5) is 12.5. The van der Waals surface area contributed by atoms with Crippen LogP contribution in [0.3, 0.4) is 0 Å². The number of nitrogens with one attached hydrogen (secondary N) is 1. The van der Waals surface area contributed by atoms with Crippen molar-refractivity contribution in [2.45, 2.75) is 70.8 Å². The molecule has 1 amide bonds. The molecule has 186 valence electrons. The second-order valence-electron chi connectivity index (χ2n) is 10.1. The molecule has 3 rings (SSSR count). The van der Waals surface area contributed by atoms with Crippen LogP contribution in [0.2, 0.25) is 5.02 Å². The van der Waals surface area contributed by atoms with Crippen LogP contribution in [0.4, 0.5) is 4.79 Å². The molecular formula is C26H34ClNO6. The number of hydrogen-bond donors (Lipinski definition) is 2. The highest BCUT2D eigenvalue weighted by molar-refractivity contribution is 6.31. The third-order valence-electron chi connectivity index (χ3n) is 5.34. The van der Waals surface area contributed by atoms with Crippen molar-refractivity contribution >= 4 is 17.7 Å². The lowest BCUT2D eigenvalue weighted by Gasteiger charge is -2.44. The van der Waals surface area contributed by atoms with Crippen LogP contribution in [0.5, 0.6) is 17.2 Å². The molecule has 8 heteroatoms. The maximum Gasteiger partial charge on any atom is 0.408 e. The van der Waals surface area contributed by atoms with E-state index in [4.69, 9.17) is 30.5 Å². The van der Waals surface area contributed by atoms with E-state index in [1.165, 1.54) is 6.07 Å². The topological polar surface area (TPSA) is 86.3 Å². The molecule has 2 aromatic carbocycles. The molecule has 0 atom stereocenters. The van der Waals surface area contributed by atoms with Crippen LogP contribution in [0.15, 0.2) is 42.5 Å². The summed E-state index contributed by atoms with van der Waals surface area (Å²) in [6, 6.07) is 12.1. The zero-order valence-corrected chi connectivity index (χ0v) is 21.2. The van der Waals surface area contributed by atoms with E-state index in [1.54, 1.807) is 24.3 Å². The molecule has 1 heterocycles. The normalized spacial score (nSPS) is 17.1. The van der Waals surface area contributed by atoms with E-state index in [1.807, 2.05) is 46.8 Å². The summed E-state index contributed by atoms with van der Waals surface area (Å²) in [6.45, 7) is 9.83. The number of phenols is 1. The summed E-state index contributed by atoms with van der Waals surface area (Å²) >= 11 is 6.51. The van der Waals surface area contributed by atoms with Crippen LogP contribution >= 0.6 is 11.6 Å². The number of amides is 1. The van der Waals surface area contributed by atoms with Crippen LogP contribution in [-0.2, 0) is 20.6 Å². The third kappa shape index (κ3) is 7.79. The highest BCUT2D eigenvalue weighted by Crippen LogP contribution is 2.31. The first kappa shape index (κ1) is 26.1. The van der Waals surface area contributed by atoms with E-state index in [9.17, 15) is 9.90 Å². The molecule has 0 spiro atoms. The van der Waals surface area contributed by atoms with Crippen LogP contribution in [-0.4, -0.2) is 41.3 Å². The molecule has 0 radical (unpaired) electrons. The molecule has 0 saturated carbocycles. The van der Waals surface area contributed by atoms with Gasteiger partial charge < -0.3 is 29.4 Å². The van der Waals surface area contributed by atoms with E-state index in [0.29, 0.717) is 42.6 Å². The minimum absolute atomic E-state index is 0.133. The molecule has 7 nitrogen and oxygen atoms in total. The maximum atomic E-state index is 12.5. The predicted molar refractivity (Wildman–Crippen MR) is 131 cm³/mol. The number of rotatable bonds is 7. The number of carbonyl (C=O) groups excluding carboxylic acids is 1. The molecule has 2 N–H and O–H groups in total. The Morgan fingerprint density at radius 1 is 1.12 bits per heavy atom. The van der Waals surface area contributed by atoms with Gasteiger partial charge in [-0.15, -0.1) is 0 Å². The molecule has 0 aromatic heterocycles. The Morgan fingerprint density at radius 2 is 1.79 bits per heavy atom. The Bertz CT molecular complexity index is 991. The fourth-order valence-corrected chi connectivity index (χ4v) is 3.87. The molecule has 0 aliphatic carbocycles. The largest absolute Gasteiger partial charge is 0.508 e. The number of halogens is 1. The quantitative estimate of drug-likeness (QED) is 0.479. The Hall–Kier alpha value is -2.48. The third-order valence-corrected chi connectivity index (χ3v) is 5.69. The van der Waals surface area contributed by atoms with Crippen LogP contribution in [0, 0.1) is 0 Å². The number of hydrogen-bond acceptors (Lipinski definition) is 6. The number of phenolic OH excluding ortho intramolecular Hbond substituents is 1. The van der Waals surface area contributed by atoms with Gasteiger partial charge in [0.2, 0.25) is 0 Å². The summed E-state index contributed by atoms with van der Waals surface area (Å²) in [5.74, 6) is 0.541. The van der Waals surface area contributed by atoms with Gasteiger partial charge in [-0.3, -0.25) is 0 Å². The fourth-order valence-electron chi connectivity index (χ4n) is 3.60. The van der Waals surface area contributed by atoms with Crippen LogP contribution in [0.25, 0.3) is 0 Å². The van der Waals surface area contributed by atoms with Gasteiger partial charge in [0.25, 0.3) is 0 Å². The maximum absolute atomic E-state index is 12.5. The van der Waals surface area contributed by atoms with Gasteiger partial charge >= 0.3 is 6.09 Å². The average Bonchev–Trinajstić information content (AvgIpc) is 2.71. The minimum Gasteiger partial charge on any atom is -0.508 e. The Labute approximate surface area is 206 Å². The summed E-state index contributed by atoms with van der Waals surface area (Å²) < 4.78 is 23.0. The van der Waals surface area contributed by atoms with Crippen molar-refractivity contribution in [1.29, 1.82) is 0 Å². The minimum atomic E-state index is -0.701. The second kappa shape index (κ2) is 10.4. The molecule has 1 fully saturated rings. The zero-order valence-electron chi connectivity index (χ0n) is 20.4. The van der Waals surface area contributed by atoms with E-state index in [2.05, 4.69) is 5.32 Å². The van der Waals surface area contributed by atoms with Gasteiger partial charge in [0.05, 0.1) is 18.8 Å². The van der Waals surface area contributed by atoms with Crippen molar-refractivity contribution < 1.29 is 28.8 Å².